The van der Waals surface area contributed by atoms with Crippen LogP contribution in [0.25, 0.3) is 11.0 Å². The quantitative estimate of drug-likeness (QED) is 0.121. The van der Waals surface area contributed by atoms with E-state index in [-0.39, 0.29) is 46.7 Å². The number of nitrogens with one attached hydrogen (secondary N) is 4. The minimum Gasteiger partial charge on any atom is -0.373 e. The van der Waals surface area contributed by atoms with E-state index in [1.807, 2.05) is 42.2 Å². The number of Topliss-reactive ketones (excluding diaryl/α,β-unsaturated/α-hetero) is 1. The maximum Gasteiger partial charge on any atom is 0.263 e. The van der Waals surface area contributed by atoms with Crippen molar-refractivity contribution in [1.82, 2.24) is 44.5 Å². The third-order valence-corrected chi connectivity index (χ3v) is 13.2. The van der Waals surface area contributed by atoms with Crippen LogP contribution in [0.2, 0.25) is 0 Å². The monoisotopic (exact) mass is 869 g/mol. The van der Waals surface area contributed by atoms with Gasteiger partial charge in [0.2, 0.25) is 11.9 Å². The van der Waals surface area contributed by atoms with Gasteiger partial charge in [-0.25, -0.2) is 15.0 Å². The van der Waals surface area contributed by atoms with Gasteiger partial charge in [-0.05, 0) is 81.5 Å². The van der Waals surface area contributed by atoms with Crippen molar-refractivity contribution in [3.05, 3.63) is 75.8 Å². The summed E-state index contributed by atoms with van der Waals surface area (Å²) < 4.78 is 1.71. The Kier molecular flexibility index (Phi) is 11.8. The number of anilines is 7. The minimum atomic E-state index is -0.351. The number of piperazine rings is 1. The molecule has 0 aromatic carbocycles. The molecule has 2 saturated heterocycles. The van der Waals surface area contributed by atoms with E-state index in [0.29, 0.717) is 76.1 Å². The maximum atomic E-state index is 13.6. The second-order valence-electron chi connectivity index (χ2n) is 17.5. The number of aryl methyl sites for hydroxylation is 1. The first-order chi connectivity index (χ1) is 30.9. The molecule has 5 aromatic heterocycles. The Morgan fingerprint density at radius 1 is 0.828 bits per heavy atom. The molecule has 0 spiro atoms. The van der Waals surface area contributed by atoms with E-state index in [9.17, 15) is 19.2 Å². The van der Waals surface area contributed by atoms with Crippen molar-refractivity contribution in [2.24, 2.45) is 5.92 Å². The number of amides is 2. The highest BCUT2D eigenvalue weighted by Gasteiger charge is 2.43. The fourth-order valence-electron chi connectivity index (χ4n) is 9.38. The first-order valence-corrected chi connectivity index (χ1v) is 22.2. The first-order valence-electron chi connectivity index (χ1n) is 22.2. The Bertz CT molecular complexity index is 2610. The molecule has 0 unspecified atom stereocenters. The smallest absolute Gasteiger partial charge is 0.263 e. The lowest BCUT2D eigenvalue weighted by Crippen LogP contribution is -2.65. The van der Waals surface area contributed by atoms with Crippen LogP contribution in [-0.4, -0.2) is 135 Å². The Labute approximate surface area is 371 Å². The molecule has 5 aromatic rings. The number of fused-ring (bicyclic) bond motifs is 1. The van der Waals surface area contributed by atoms with E-state index in [2.05, 4.69) is 56.2 Å². The van der Waals surface area contributed by atoms with Crippen LogP contribution < -0.4 is 36.6 Å². The summed E-state index contributed by atoms with van der Waals surface area (Å²) >= 11 is 0. The molecule has 0 bridgehead atoms. The lowest BCUT2D eigenvalue weighted by Gasteiger charge is -2.50. The number of carbonyl (C=O) groups is 3. The second-order valence-corrected chi connectivity index (χ2v) is 17.5. The summed E-state index contributed by atoms with van der Waals surface area (Å²) in [4.78, 5) is 80.1. The Hall–Kier alpha value is -6.76. The molecule has 2 saturated carbocycles. The average Bonchev–Trinajstić information content (AvgIpc) is 3.79. The van der Waals surface area contributed by atoms with Crippen molar-refractivity contribution in [3.8, 4) is 0 Å². The van der Waals surface area contributed by atoms with Crippen LogP contribution in [-0.2, 0) is 4.79 Å². The topological polar surface area (TPSA) is 212 Å². The van der Waals surface area contributed by atoms with Crippen LogP contribution in [0.1, 0.15) is 77.8 Å². The van der Waals surface area contributed by atoms with Crippen LogP contribution in [0, 0.1) is 12.8 Å². The van der Waals surface area contributed by atoms with E-state index in [1.54, 1.807) is 49.0 Å². The third kappa shape index (κ3) is 8.50. The van der Waals surface area contributed by atoms with Crippen LogP contribution in [0.15, 0.2) is 53.6 Å². The van der Waals surface area contributed by atoms with E-state index in [0.717, 1.165) is 70.6 Å². The Morgan fingerprint density at radius 2 is 1.56 bits per heavy atom. The highest BCUT2D eigenvalue weighted by atomic mass is 16.2. The molecule has 2 amide bonds. The zero-order chi connectivity index (χ0) is 44.6. The molecule has 2 aliphatic carbocycles. The molecule has 0 radical (unpaired) electrons. The molecule has 0 atom stereocenters. The van der Waals surface area contributed by atoms with Gasteiger partial charge < -0.3 is 36.0 Å². The van der Waals surface area contributed by atoms with Gasteiger partial charge in [0.15, 0.2) is 17.4 Å². The second kappa shape index (κ2) is 17.8. The number of carbonyl (C=O) groups excluding carboxylic acids is 3. The number of nitrogens with zero attached hydrogens (tertiary/aromatic N) is 11. The standard InChI is InChI=1S/C45H55N15O4/c1-26-34-23-48-45(53-41(34)60(30-8-6-7-9-30)44(64)39(26)27(2)61)52-36-12-10-31(22-47-36)57-16-18-58(19-17-57)32-24-59(25-32)43(63)28-20-29(21-28)49-40-33(11-13-35(46-3)50-40)42(62)51-37-14-15-38(55-54-37)56(4)5/h10-15,22-23,28-30,32H,6-9,16-21,24-25H2,1-5H3,(H2,46,49,50)(H,51,54,62)(H,47,48,52,53). The normalized spacial score (nSPS) is 19.2. The van der Waals surface area contributed by atoms with Crippen molar-refractivity contribution < 1.29 is 14.4 Å². The fraction of sp³-hybridized carbons (Fsp3) is 0.467. The molecule has 4 aliphatic rings. The van der Waals surface area contributed by atoms with Crippen molar-refractivity contribution in [1.29, 1.82) is 0 Å². The highest BCUT2D eigenvalue weighted by Crippen LogP contribution is 2.35. The van der Waals surface area contributed by atoms with Crippen molar-refractivity contribution in [3.63, 3.8) is 0 Å². The van der Waals surface area contributed by atoms with Gasteiger partial charge in [-0.2, -0.15) is 4.98 Å². The van der Waals surface area contributed by atoms with Gasteiger partial charge >= 0.3 is 0 Å². The number of ketones is 1. The van der Waals surface area contributed by atoms with E-state index in [4.69, 9.17) is 4.98 Å². The van der Waals surface area contributed by atoms with E-state index in [1.165, 1.54) is 6.92 Å². The molecule has 9 rings (SSSR count). The van der Waals surface area contributed by atoms with Gasteiger partial charge in [-0.1, -0.05) is 12.8 Å². The molecule has 19 nitrogen and oxygen atoms in total. The summed E-state index contributed by atoms with van der Waals surface area (Å²) in [5.74, 6) is 2.56. The molecular weight excluding hydrogens is 815 g/mol. The van der Waals surface area contributed by atoms with Gasteiger partial charge in [-0.3, -0.25) is 28.6 Å². The molecule has 7 heterocycles. The largest absolute Gasteiger partial charge is 0.373 e. The number of aromatic nitrogens is 7. The number of likely N-dealkylation sites (tertiary alicyclic amines) is 1. The van der Waals surface area contributed by atoms with Gasteiger partial charge in [0, 0.05) is 96.0 Å². The van der Waals surface area contributed by atoms with Crippen molar-refractivity contribution in [2.75, 3.05) is 91.5 Å². The van der Waals surface area contributed by atoms with Crippen LogP contribution in [0.5, 0.6) is 0 Å². The number of hydrogen-bond acceptors (Lipinski definition) is 16. The molecule has 4 fully saturated rings. The molecule has 64 heavy (non-hydrogen) atoms. The summed E-state index contributed by atoms with van der Waals surface area (Å²) in [6.45, 7) is 8.17. The van der Waals surface area contributed by atoms with Crippen molar-refractivity contribution >= 4 is 69.4 Å². The summed E-state index contributed by atoms with van der Waals surface area (Å²) in [6, 6.07) is 11.3. The number of hydrogen-bond donors (Lipinski definition) is 4. The summed E-state index contributed by atoms with van der Waals surface area (Å²) in [5.41, 5.74) is 2.49. The molecule has 19 heteroatoms. The molecule has 2 aliphatic heterocycles. The number of pyridine rings is 3. The van der Waals surface area contributed by atoms with Crippen LogP contribution in [0.3, 0.4) is 0 Å². The summed E-state index contributed by atoms with van der Waals surface area (Å²) in [5, 5.41) is 21.4. The van der Waals surface area contributed by atoms with Gasteiger partial charge in [0.25, 0.3) is 11.5 Å². The molecule has 4 N–H and O–H groups in total. The third-order valence-electron chi connectivity index (χ3n) is 13.2. The highest BCUT2D eigenvalue weighted by molar-refractivity contribution is 6.07. The van der Waals surface area contributed by atoms with Crippen LogP contribution >= 0.6 is 0 Å². The minimum absolute atomic E-state index is 0.00403. The first kappa shape index (κ1) is 42.5. The van der Waals surface area contributed by atoms with Gasteiger partial charge in [-0.15, -0.1) is 10.2 Å². The zero-order valence-electron chi connectivity index (χ0n) is 37.0. The lowest BCUT2D eigenvalue weighted by atomic mass is 9.78. The predicted octanol–water partition coefficient (Wildman–Crippen LogP) is 4.32. The Balaban J connectivity index is 0.742. The SMILES string of the molecule is CNc1ccc(C(=O)Nc2ccc(N(C)C)nn2)c(NC2CC(C(=O)N3CC(N4CCN(c5ccc(Nc6ncc7c(C)c(C(C)=O)c(=O)n(C8CCCC8)c7n6)nc5)CC4)C3)C2)n1. The summed E-state index contributed by atoms with van der Waals surface area (Å²) in [6.07, 6.45) is 8.72. The van der Waals surface area contributed by atoms with Crippen LogP contribution in [0.4, 0.5) is 40.7 Å². The predicted molar refractivity (Wildman–Crippen MR) is 246 cm³/mol. The maximum absolute atomic E-state index is 13.6. The zero-order valence-corrected chi connectivity index (χ0v) is 37.0. The van der Waals surface area contributed by atoms with E-state index >= 15 is 0 Å². The summed E-state index contributed by atoms with van der Waals surface area (Å²) in [7, 11) is 5.52. The van der Waals surface area contributed by atoms with Gasteiger partial charge in [0.1, 0.15) is 23.1 Å². The number of rotatable bonds is 13. The molecule has 334 valence electrons. The average molecular weight is 870 g/mol. The fourth-order valence-corrected chi connectivity index (χ4v) is 9.38. The molecular formula is C45H55N15O4. The Morgan fingerprint density at radius 3 is 2.22 bits per heavy atom. The van der Waals surface area contributed by atoms with E-state index < -0.39 is 0 Å². The van der Waals surface area contributed by atoms with Crippen molar-refractivity contribution in [2.45, 2.75) is 70.5 Å². The van der Waals surface area contributed by atoms with Gasteiger partial charge in [0.05, 0.1) is 23.0 Å². The lowest BCUT2D eigenvalue weighted by molar-refractivity contribution is -0.146.